The minimum Gasteiger partial charge on any atom is -0.497 e. The fourth-order valence-corrected chi connectivity index (χ4v) is 3.92. The smallest absolute Gasteiger partial charge is 0.264 e. The first kappa shape index (κ1) is 21.8. The number of nitrogens with one attached hydrogen (secondary N) is 1. The minimum atomic E-state index is -3.91. The Hall–Kier alpha value is -2.54. The summed E-state index contributed by atoms with van der Waals surface area (Å²) in [6.07, 6.45) is 0. The molecule has 152 valence electrons. The van der Waals surface area contributed by atoms with E-state index in [0.717, 1.165) is 9.87 Å². The van der Waals surface area contributed by atoms with Gasteiger partial charge in [0.25, 0.3) is 10.0 Å². The highest BCUT2D eigenvalue weighted by Crippen LogP contribution is 2.26. The van der Waals surface area contributed by atoms with E-state index in [9.17, 15) is 13.2 Å². The molecule has 0 aromatic heterocycles. The number of nitrogens with zero attached hydrogens (tertiary/aromatic N) is 1. The second kappa shape index (κ2) is 9.10. The van der Waals surface area contributed by atoms with Gasteiger partial charge < -0.3 is 10.1 Å². The van der Waals surface area contributed by atoms with Crippen LogP contribution in [0.1, 0.15) is 26.3 Å². The first-order chi connectivity index (χ1) is 13.1. The molecule has 28 heavy (non-hydrogen) atoms. The first-order valence-electron chi connectivity index (χ1n) is 9.18. The number of ether oxygens (including phenoxy) is 1. The molecule has 1 N–H and O–H groups in total. The molecule has 0 bridgehead atoms. The maximum atomic E-state index is 13.3. The number of aryl methyl sites for hydroxylation is 1. The maximum absolute atomic E-state index is 13.3. The Kier molecular flexibility index (Phi) is 7.07. The molecule has 0 radical (unpaired) electrons. The lowest BCUT2D eigenvalue weighted by atomic mass is 10.1. The van der Waals surface area contributed by atoms with Crippen LogP contribution in [0.5, 0.6) is 5.75 Å². The monoisotopic (exact) mass is 404 g/mol. The van der Waals surface area contributed by atoms with Crippen LogP contribution in [0.25, 0.3) is 0 Å². The lowest BCUT2D eigenvalue weighted by molar-refractivity contribution is -0.120. The highest BCUT2D eigenvalue weighted by molar-refractivity contribution is 7.92. The molecule has 0 spiro atoms. The number of anilines is 1. The Morgan fingerprint density at radius 3 is 2.11 bits per heavy atom. The van der Waals surface area contributed by atoms with Gasteiger partial charge in [0.2, 0.25) is 5.91 Å². The molecule has 1 atom stereocenters. The zero-order valence-corrected chi connectivity index (χ0v) is 17.8. The Balaban J connectivity index is 2.40. The molecule has 1 amide bonds. The molecule has 0 saturated carbocycles. The van der Waals surface area contributed by atoms with Crippen molar-refractivity contribution < 1.29 is 17.9 Å². The second-order valence-electron chi connectivity index (χ2n) is 7.12. The van der Waals surface area contributed by atoms with Crippen molar-refractivity contribution in [2.45, 2.75) is 38.6 Å². The van der Waals surface area contributed by atoms with Gasteiger partial charge in [0.05, 0.1) is 17.7 Å². The third-order valence-corrected chi connectivity index (χ3v) is 6.43. The van der Waals surface area contributed by atoms with Gasteiger partial charge in [-0.15, -0.1) is 0 Å². The molecule has 0 aliphatic heterocycles. The molecule has 7 heteroatoms. The van der Waals surface area contributed by atoms with E-state index in [4.69, 9.17) is 4.74 Å². The predicted molar refractivity (Wildman–Crippen MR) is 111 cm³/mol. The summed E-state index contributed by atoms with van der Waals surface area (Å²) in [5.74, 6) is 0.495. The summed E-state index contributed by atoms with van der Waals surface area (Å²) in [4.78, 5) is 12.7. The highest BCUT2D eigenvalue weighted by atomic mass is 32.2. The Bertz CT molecular complexity index is 891. The van der Waals surface area contributed by atoms with Crippen LogP contribution in [0.15, 0.2) is 53.4 Å². The van der Waals surface area contributed by atoms with E-state index in [-0.39, 0.29) is 29.3 Å². The quantitative estimate of drug-likeness (QED) is 0.732. The molecule has 0 aliphatic rings. The van der Waals surface area contributed by atoms with Crippen molar-refractivity contribution in [3.63, 3.8) is 0 Å². The molecular formula is C21H28N2O4S. The fourth-order valence-electron chi connectivity index (χ4n) is 2.50. The molecule has 0 fully saturated rings. The fraction of sp³-hybridized carbons (Fsp3) is 0.381. The summed E-state index contributed by atoms with van der Waals surface area (Å²) in [6.45, 7) is 7.47. The van der Waals surface area contributed by atoms with Crippen molar-refractivity contribution in [1.82, 2.24) is 5.32 Å². The van der Waals surface area contributed by atoms with Gasteiger partial charge in [-0.1, -0.05) is 31.5 Å². The Morgan fingerprint density at radius 1 is 1.04 bits per heavy atom. The molecule has 1 unspecified atom stereocenters. The average Bonchev–Trinajstić information content (AvgIpc) is 2.66. The highest BCUT2D eigenvalue weighted by Gasteiger charge is 2.27. The van der Waals surface area contributed by atoms with Crippen LogP contribution < -0.4 is 14.4 Å². The number of carbonyl (C=O) groups excluding carboxylic acids is 1. The molecule has 2 rings (SSSR count). The summed E-state index contributed by atoms with van der Waals surface area (Å²) in [5, 5.41) is 2.87. The van der Waals surface area contributed by atoms with Crippen molar-refractivity contribution in [2.75, 3.05) is 18.0 Å². The van der Waals surface area contributed by atoms with Crippen LogP contribution in [0, 0.1) is 12.8 Å². The number of amides is 1. The van der Waals surface area contributed by atoms with Crippen molar-refractivity contribution in [2.24, 2.45) is 5.92 Å². The van der Waals surface area contributed by atoms with E-state index >= 15 is 0 Å². The third kappa shape index (κ3) is 5.25. The molecule has 0 aliphatic carbocycles. The summed E-state index contributed by atoms with van der Waals surface area (Å²) in [5.41, 5.74) is 1.35. The van der Waals surface area contributed by atoms with Gasteiger partial charge in [0.1, 0.15) is 12.3 Å². The van der Waals surface area contributed by atoms with E-state index in [2.05, 4.69) is 5.32 Å². The molecular weight excluding hydrogens is 376 g/mol. The van der Waals surface area contributed by atoms with Crippen LogP contribution >= 0.6 is 0 Å². The lowest BCUT2D eigenvalue weighted by Gasteiger charge is -2.26. The first-order valence-corrected chi connectivity index (χ1v) is 10.6. The predicted octanol–water partition coefficient (Wildman–Crippen LogP) is 3.36. The summed E-state index contributed by atoms with van der Waals surface area (Å²) >= 11 is 0. The minimum absolute atomic E-state index is 0.0627. The number of sulfonamides is 1. The Morgan fingerprint density at radius 2 is 1.61 bits per heavy atom. The van der Waals surface area contributed by atoms with Crippen molar-refractivity contribution in [3.05, 3.63) is 54.1 Å². The number of carbonyl (C=O) groups is 1. The van der Waals surface area contributed by atoms with Crippen LogP contribution in [-0.2, 0) is 14.8 Å². The SMILES string of the molecule is COc1ccc(N(CC(=O)NC(C)C(C)C)S(=O)(=O)c2ccc(C)cc2)cc1. The number of benzene rings is 2. The summed E-state index contributed by atoms with van der Waals surface area (Å²) < 4.78 is 32.8. The summed E-state index contributed by atoms with van der Waals surface area (Å²) in [6, 6.07) is 13.1. The lowest BCUT2D eigenvalue weighted by Crippen LogP contribution is -2.45. The second-order valence-corrected chi connectivity index (χ2v) is 8.99. The van der Waals surface area contributed by atoms with Crippen LogP contribution in [0.4, 0.5) is 5.69 Å². The van der Waals surface area contributed by atoms with Crippen LogP contribution in [0.3, 0.4) is 0 Å². The van der Waals surface area contributed by atoms with Gasteiger partial charge in [-0.05, 0) is 56.2 Å². The van der Waals surface area contributed by atoms with Gasteiger partial charge >= 0.3 is 0 Å². The third-order valence-electron chi connectivity index (χ3n) is 4.65. The maximum Gasteiger partial charge on any atom is 0.264 e. The normalized spacial score (nSPS) is 12.5. The van der Waals surface area contributed by atoms with E-state index in [1.807, 2.05) is 27.7 Å². The molecule has 2 aromatic carbocycles. The molecule has 2 aromatic rings. The van der Waals surface area contributed by atoms with E-state index < -0.39 is 10.0 Å². The molecule has 0 saturated heterocycles. The van der Waals surface area contributed by atoms with Crippen molar-refractivity contribution in [1.29, 1.82) is 0 Å². The molecule has 0 heterocycles. The number of hydrogen-bond acceptors (Lipinski definition) is 4. The number of hydrogen-bond donors (Lipinski definition) is 1. The zero-order chi connectivity index (χ0) is 20.9. The van der Waals surface area contributed by atoms with Crippen molar-refractivity contribution in [3.8, 4) is 5.75 Å². The van der Waals surface area contributed by atoms with Gasteiger partial charge in [0.15, 0.2) is 0 Å². The van der Waals surface area contributed by atoms with Gasteiger partial charge in [-0.3, -0.25) is 9.10 Å². The standard InChI is InChI=1S/C21H28N2O4S/c1-15(2)17(4)22-21(24)14-23(18-8-10-19(27-5)11-9-18)28(25,26)20-12-6-16(3)7-13-20/h6-13,15,17H,14H2,1-5H3,(H,22,24). The topological polar surface area (TPSA) is 75.7 Å². The van der Waals surface area contributed by atoms with E-state index in [1.54, 1.807) is 48.5 Å². The zero-order valence-electron chi connectivity index (χ0n) is 17.0. The number of methoxy groups -OCH3 is 1. The summed E-state index contributed by atoms with van der Waals surface area (Å²) in [7, 11) is -2.37. The Labute approximate surface area is 167 Å². The van der Waals surface area contributed by atoms with Gasteiger partial charge in [-0.25, -0.2) is 8.42 Å². The largest absolute Gasteiger partial charge is 0.497 e. The van der Waals surface area contributed by atoms with Gasteiger partial charge in [0, 0.05) is 6.04 Å². The van der Waals surface area contributed by atoms with Crippen molar-refractivity contribution >= 4 is 21.6 Å². The van der Waals surface area contributed by atoms with E-state index in [1.165, 1.54) is 7.11 Å². The van der Waals surface area contributed by atoms with Gasteiger partial charge in [-0.2, -0.15) is 0 Å². The number of rotatable bonds is 8. The molecule has 6 nitrogen and oxygen atoms in total. The van der Waals surface area contributed by atoms with E-state index in [0.29, 0.717) is 11.4 Å². The van der Waals surface area contributed by atoms with Crippen LogP contribution in [0.2, 0.25) is 0 Å². The van der Waals surface area contributed by atoms with Crippen LogP contribution in [-0.4, -0.2) is 34.0 Å². The average molecular weight is 405 g/mol.